The Morgan fingerprint density at radius 1 is 1.00 bits per heavy atom. The van der Waals surface area contributed by atoms with Crippen LogP contribution in [0.25, 0.3) is 0 Å². The summed E-state index contributed by atoms with van der Waals surface area (Å²) in [7, 11) is 0. The molecule has 0 amide bonds. The molecule has 16 heavy (non-hydrogen) atoms. The van der Waals surface area contributed by atoms with E-state index in [2.05, 4.69) is 34.5 Å². The summed E-state index contributed by atoms with van der Waals surface area (Å²) in [6.07, 6.45) is 4.01. The first-order chi connectivity index (χ1) is 7.93. The minimum absolute atomic E-state index is 0.794. The van der Waals surface area contributed by atoms with E-state index in [1.807, 2.05) is 0 Å². The van der Waals surface area contributed by atoms with E-state index in [0.29, 0.717) is 0 Å². The quantitative estimate of drug-likeness (QED) is 0.774. The average Bonchev–Trinajstić information content (AvgIpc) is 2.56. The van der Waals surface area contributed by atoms with Crippen LogP contribution in [-0.4, -0.2) is 24.0 Å². The van der Waals surface area contributed by atoms with Gasteiger partial charge in [0.05, 0.1) is 0 Å². The molecule has 2 aliphatic rings. The van der Waals surface area contributed by atoms with E-state index >= 15 is 0 Å². The maximum Gasteiger partial charge on any atom is 0.0243 e. The van der Waals surface area contributed by atoms with Crippen molar-refractivity contribution in [1.82, 2.24) is 10.2 Å². The van der Waals surface area contributed by atoms with Crippen LogP contribution < -0.4 is 5.32 Å². The Bertz CT molecular complexity index is 329. The van der Waals surface area contributed by atoms with Crippen molar-refractivity contribution in [3.05, 3.63) is 35.4 Å². The van der Waals surface area contributed by atoms with Gasteiger partial charge in [0.1, 0.15) is 0 Å². The SMILES string of the molecule is c1ccc2c(c1)CN(C1CCCNCC1)C2. The van der Waals surface area contributed by atoms with E-state index in [4.69, 9.17) is 0 Å². The second kappa shape index (κ2) is 4.56. The number of nitrogens with zero attached hydrogens (tertiary/aromatic N) is 1. The summed E-state index contributed by atoms with van der Waals surface area (Å²) in [5.74, 6) is 0. The highest BCUT2D eigenvalue weighted by atomic mass is 15.2. The molecule has 0 spiro atoms. The second-order valence-electron chi connectivity index (χ2n) is 5.01. The van der Waals surface area contributed by atoms with Crippen molar-refractivity contribution in [1.29, 1.82) is 0 Å². The molecule has 2 nitrogen and oxygen atoms in total. The van der Waals surface area contributed by atoms with Gasteiger partial charge in [-0.25, -0.2) is 0 Å². The molecule has 2 heteroatoms. The lowest BCUT2D eigenvalue weighted by Gasteiger charge is -2.25. The fraction of sp³-hybridized carbons (Fsp3) is 0.571. The highest BCUT2D eigenvalue weighted by molar-refractivity contribution is 5.30. The van der Waals surface area contributed by atoms with E-state index in [1.165, 1.54) is 45.4 Å². The molecule has 1 N–H and O–H groups in total. The minimum atomic E-state index is 0.794. The summed E-state index contributed by atoms with van der Waals surface area (Å²) in [6.45, 7) is 4.73. The van der Waals surface area contributed by atoms with Crippen LogP contribution in [0.5, 0.6) is 0 Å². The Morgan fingerprint density at radius 2 is 1.75 bits per heavy atom. The molecule has 1 aromatic carbocycles. The zero-order chi connectivity index (χ0) is 10.8. The largest absolute Gasteiger partial charge is 0.317 e. The molecular formula is C14H20N2. The smallest absolute Gasteiger partial charge is 0.0243 e. The fourth-order valence-corrected chi connectivity index (χ4v) is 2.98. The maximum atomic E-state index is 3.50. The summed E-state index contributed by atoms with van der Waals surface area (Å²) in [6, 6.07) is 9.69. The summed E-state index contributed by atoms with van der Waals surface area (Å²) < 4.78 is 0. The van der Waals surface area contributed by atoms with Crippen LogP contribution in [0.3, 0.4) is 0 Å². The topological polar surface area (TPSA) is 15.3 Å². The van der Waals surface area contributed by atoms with E-state index in [0.717, 1.165) is 6.04 Å². The van der Waals surface area contributed by atoms with Crippen molar-refractivity contribution in [3.8, 4) is 0 Å². The lowest BCUT2D eigenvalue weighted by molar-refractivity contribution is 0.184. The first kappa shape index (κ1) is 10.3. The summed E-state index contributed by atoms with van der Waals surface area (Å²) in [4.78, 5) is 2.66. The van der Waals surface area contributed by atoms with Gasteiger partial charge in [-0.05, 0) is 43.5 Å². The molecule has 0 aliphatic carbocycles. The fourth-order valence-electron chi connectivity index (χ4n) is 2.98. The molecule has 86 valence electrons. The number of hydrogen-bond acceptors (Lipinski definition) is 2. The van der Waals surface area contributed by atoms with Gasteiger partial charge < -0.3 is 5.32 Å². The predicted octanol–water partition coefficient (Wildman–Crippen LogP) is 2.14. The van der Waals surface area contributed by atoms with Gasteiger partial charge in [0.15, 0.2) is 0 Å². The van der Waals surface area contributed by atoms with Gasteiger partial charge >= 0.3 is 0 Å². The number of rotatable bonds is 1. The molecule has 0 bridgehead atoms. The van der Waals surface area contributed by atoms with Crippen molar-refractivity contribution < 1.29 is 0 Å². The van der Waals surface area contributed by atoms with Gasteiger partial charge in [0.25, 0.3) is 0 Å². The Morgan fingerprint density at radius 3 is 2.50 bits per heavy atom. The number of nitrogens with one attached hydrogen (secondary N) is 1. The third-order valence-electron chi connectivity index (χ3n) is 3.93. The monoisotopic (exact) mass is 216 g/mol. The van der Waals surface area contributed by atoms with Crippen molar-refractivity contribution in [3.63, 3.8) is 0 Å². The van der Waals surface area contributed by atoms with Gasteiger partial charge in [-0.3, -0.25) is 4.90 Å². The molecule has 1 aromatic rings. The third kappa shape index (κ3) is 2.00. The molecule has 1 saturated heterocycles. The van der Waals surface area contributed by atoms with Gasteiger partial charge in [0.2, 0.25) is 0 Å². The molecule has 2 aliphatic heterocycles. The van der Waals surface area contributed by atoms with E-state index in [9.17, 15) is 0 Å². The van der Waals surface area contributed by atoms with Crippen LogP contribution >= 0.6 is 0 Å². The molecule has 2 heterocycles. The lowest BCUT2D eigenvalue weighted by Crippen LogP contribution is -2.31. The highest BCUT2D eigenvalue weighted by Gasteiger charge is 2.25. The van der Waals surface area contributed by atoms with Crippen LogP contribution in [0.4, 0.5) is 0 Å². The molecule has 0 saturated carbocycles. The number of benzene rings is 1. The Labute approximate surface area is 97.6 Å². The maximum absolute atomic E-state index is 3.50. The summed E-state index contributed by atoms with van der Waals surface area (Å²) >= 11 is 0. The molecule has 1 atom stereocenters. The van der Waals surface area contributed by atoms with Crippen molar-refractivity contribution >= 4 is 0 Å². The third-order valence-corrected chi connectivity index (χ3v) is 3.93. The van der Waals surface area contributed by atoms with E-state index < -0.39 is 0 Å². The van der Waals surface area contributed by atoms with E-state index in [1.54, 1.807) is 11.1 Å². The zero-order valence-corrected chi connectivity index (χ0v) is 9.78. The van der Waals surface area contributed by atoms with Gasteiger partial charge in [-0.1, -0.05) is 24.3 Å². The van der Waals surface area contributed by atoms with Crippen LogP contribution in [0.2, 0.25) is 0 Å². The molecule has 0 radical (unpaired) electrons. The van der Waals surface area contributed by atoms with Crippen LogP contribution in [-0.2, 0) is 13.1 Å². The molecular weight excluding hydrogens is 196 g/mol. The molecule has 0 aromatic heterocycles. The number of fused-ring (bicyclic) bond motifs is 1. The Kier molecular flexibility index (Phi) is 2.94. The average molecular weight is 216 g/mol. The summed E-state index contributed by atoms with van der Waals surface area (Å²) in [5, 5.41) is 3.50. The van der Waals surface area contributed by atoms with E-state index in [-0.39, 0.29) is 0 Å². The predicted molar refractivity (Wildman–Crippen MR) is 66.2 cm³/mol. The zero-order valence-electron chi connectivity index (χ0n) is 9.78. The normalized spacial score (nSPS) is 26.4. The Hall–Kier alpha value is -0.860. The number of hydrogen-bond donors (Lipinski definition) is 1. The van der Waals surface area contributed by atoms with Crippen LogP contribution in [0, 0.1) is 0 Å². The van der Waals surface area contributed by atoms with Crippen molar-refractivity contribution in [2.24, 2.45) is 0 Å². The van der Waals surface area contributed by atoms with Crippen LogP contribution in [0.1, 0.15) is 30.4 Å². The van der Waals surface area contributed by atoms with Crippen LogP contribution in [0.15, 0.2) is 24.3 Å². The Balaban J connectivity index is 1.70. The van der Waals surface area contributed by atoms with Gasteiger partial charge in [-0.15, -0.1) is 0 Å². The summed E-state index contributed by atoms with van der Waals surface area (Å²) in [5.41, 5.74) is 3.08. The minimum Gasteiger partial charge on any atom is -0.317 e. The van der Waals surface area contributed by atoms with Crippen molar-refractivity contribution in [2.75, 3.05) is 13.1 Å². The highest BCUT2D eigenvalue weighted by Crippen LogP contribution is 2.27. The molecule has 1 fully saturated rings. The standard InChI is InChI=1S/C14H20N2/c1-2-5-13-11-16(10-12(13)4-1)14-6-3-8-15-9-7-14/h1-2,4-5,14-15H,3,6-11H2. The molecule has 3 rings (SSSR count). The lowest BCUT2D eigenvalue weighted by atomic mass is 10.1. The van der Waals surface area contributed by atoms with Gasteiger partial charge in [-0.2, -0.15) is 0 Å². The first-order valence-electron chi connectivity index (χ1n) is 6.45. The van der Waals surface area contributed by atoms with Crippen molar-refractivity contribution in [2.45, 2.75) is 38.4 Å². The molecule has 1 unspecified atom stereocenters. The van der Waals surface area contributed by atoms with Gasteiger partial charge in [0, 0.05) is 19.1 Å². The second-order valence-corrected chi connectivity index (χ2v) is 5.01. The first-order valence-corrected chi connectivity index (χ1v) is 6.45.